The van der Waals surface area contributed by atoms with Crippen LogP contribution in [-0.4, -0.2) is 61.0 Å². The van der Waals surface area contributed by atoms with Gasteiger partial charge < -0.3 is 15.0 Å². The molecule has 3 aromatic carbocycles. The van der Waals surface area contributed by atoms with Gasteiger partial charge in [0.1, 0.15) is 6.04 Å². The van der Waals surface area contributed by atoms with Gasteiger partial charge >= 0.3 is 0 Å². The molecule has 7 heteroatoms. The molecule has 194 valence electrons. The van der Waals surface area contributed by atoms with E-state index in [-0.39, 0.29) is 11.8 Å². The summed E-state index contributed by atoms with van der Waals surface area (Å²) in [6, 6.07) is 26.2. The number of hydrogen-bond donors (Lipinski definition) is 1. The van der Waals surface area contributed by atoms with Crippen LogP contribution in [0.4, 0.5) is 0 Å². The van der Waals surface area contributed by atoms with E-state index < -0.39 is 6.04 Å². The Morgan fingerprint density at radius 1 is 0.892 bits per heavy atom. The number of nitrogens with one attached hydrogen (secondary N) is 1. The topological polar surface area (TPSA) is 61.9 Å². The van der Waals surface area contributed by atoms with Gasteiger partial charge in [0.25, 0.3) is 0 Å². The largest absolute Gasteiger partial charge is 0.379 e. The highest BCUT2D eigenvalue weighted by molar-refractivity contribution is 6.30. The molecule has 4 rings (SSSR count). The second kappa shape index (κ2) is 13.9. The van der Waals surface area contributed by atoms with E-state index in [1.165, 1.54) is 0 Å². The first-order valence-electron chi connectivity index (χ1n) is 12.8. The second-order valence-electron chi connectivity index (χ2n) is 9.19. The van der Waals surface area contributed by atoms with Crippen LogP contribution in [0, 0.1) is 0 Å². The molecule has 1 N–H and O–H groups in total. The van der Waals surface area contributed by atoms with E-state index in [4.69, 9.17) is 16.3 Å². The van der Waals surface area contributed by atoms with Crippen molar-refractivity contribution in [1.29, 1.82) is 0 Å². The lowest BCUT2D eigenvalue weighted by atomic mass is 10.0. The standard InChI is InChI=1S/C30H34ClN3O3/c31-27-14-11-25(12-15-27)23-34(28(35)16-13-24-7-3-1-4-8-24)29(26-9-5-2-6-10-26)30(36)32-17-18-33-19-21-37-22-20-33/h1-12,14-15,29H,13,16-23H2,(H,32,36)/t29-/m1/s1. The van der Waals surface area contributed by atoms with Crippen molar-refractivity contribution in [3.63, 3.8) is 0 Å². The molecule has 1 heterocycles. The molecule has 1 atom stereocenters. The monoisotopic (exact) mass is 519 g/mol. The van der Waals surface area contributed by atoms with Crippen molar-refractivity contribution in [3.05, 3.63) is 107 Å². The molecular weight excluding hydrogens is 486 g/mol. The maximum Gasteiger partial charge on any atom is 0.247 e. The van der Waals surface area contributed by atoms with Crippen LogP contribution in [0.25, 0.3) is 0 Å². The highest BCUT2D eigenvalue weighted by atomic mass is 35.5. The zero-order valence-electron chi connectivity index (χ0n) is 21.0. The second-order valence-corrected chi connectivity index (χ2v) is 9.63. The summed E-state index contributed by atoms with van der Waals surface area (Å²) in [5.41, 5.74) is 2.79. The summed E-state index contributed by atoms with van der Waals surface area (Å²) in [4.78, 5) is 31.4. The van der Waals surface area contributed by atoms with Crippen molar-refractivity contribution in [2.45, 2.75) is 25.4 Å². The fourth-order valence-electron chi connectivity index (χ4n) is 4.52. The highest BCUT2D eigenvalue weighted by Gasteiger charge is 2.31. The number of morpholine rings is 1. The Morgan fingerprint density at radius 3 is 2.22 bits per heavy atom. The number of nitrogens with zero attached hydrogens (tertiary/aromatic N) is 2. The molecule has 1 aliphatic rings. The Bertz CT molecular complexity index is 1120. The van der Waals surface area contributed by atoms with E-state index in [9.17, 15) is 9.59 Å². The lowest BCUT2D eigenvalue weighted by molar-refractivity contribution is -0.141. The molecule has 0 aromatic heterocycles. The summed E-state index contributed by atoms with van der Waals surface area (Å²) >= 11 is 6.10. The fraction of sp³-hybridized carbons (Fsp3) is 0.333. The Balaban J connectivity index is 1.55. The number of hydrogen-bond acceptors (Lipinski definition) is 4. The molecule has 0 saturated carbocycles. The lowest BCUT2D eigenvalue weighted by Crippen LogP contribution is -2.46. The van der Waals surface area contributed by atoms with Crippen LogP contribution in [0.15, 0.2) is 84.9 Å². The highest BCUT2D eigenvalue weighted by Crippen LogP contribution is 2.25. The maximum absolute atomic E-state index is 13.7. The van der Waals surface area contributed by atoms with E-state index in [0.29, 0.717) is 44.2 Å². The normalized spacial score (nSPS) is 14.6. The molecule has 0 unspecified atom stereocenters. The third kappa shape index (κ3) is 8.15. The first-order valence-corrected chi connectivity index (χ1v) is 13.2. The minimum atomic E-state index is -0.746. The third-order valence-corrected chi connectivity index (χ3v) is 6.82. The summed E-state index contributed by atoms with van der Waals surface area (Å²) < 4.78 is 5.42. The molecule has 6 nitrogen and oxygen atoms in total. The Labute approximate surface area is 224 Å². The van der Waals surface area contributed by atoms with Crippen molar-refractivity contribution in [2.24, 2.45) is 0 Å². The number of aryl methyl sites for hydroxylation is 1. The zero-order chi connectivity index (χ0) is 25.9. The quantitative estimate of drug-likeness (QED) is 0.405. The van der Waals surface area contributed by atoms with Gasteiger partial charge in [-0.2, -0.15) is 0 Å². The van der Waals surface area contributed by atoms with Gasteiger partial charge in [0.15, 0.2) is 0 Å². The molecule has 0 aliphatic carbocycles. The smallest absolute Gasteiger partial charge is 0.247 e. The van der Waals surface area contributed by atoms with Crippen molar-refractivity contribution in [3.8, 4) is 0 Å². The van der Waals surface area contributed by atoms with Crippen molar-refractivity contribution >= 4 is 23.4 Å². The molecule has 1 saturated heterocycles. The third-order valence-electron chi connectivity index (χ3n) is 6.56. The average Bonchev–Trinajstić information content (AvgIpc) is 2.94. The molecule has 37 heavy (non-hydrogen) atoms. The Morgan fingerprint density at radius 2 is 1.54 bits per heavy atom. The van der Waals surface area contributed by atoms with Gasteiger partial charge in [-0.25, -0.2) is 0 Å². The first-order chi connectivity index (χ1) is 18.1. The van der Waals surface area contributed by atoms with E-state index in [1.54, 1.807) is 4.90 Å². The van der Waals surface area contributed by atoms with Gasteiger partial charge in [-0.3, -0.25) is 14.5 Å². The minimum absolute atomic E-state index is 0.0732. The number of halogens is 1. The molecule has 3 aromatic rings. The minimum Gasteiger partial charge on any atom is -0.379 e. The Hall–Kier alpha value is -3.19. The fourth-order valence-corrected chi connectivity index (χ4v) is 4.64. The summed E-state index contributed by atoms with van der Waals surface area (Å²) in [5, 5.41) is 3.73. The van der Waals surface area contributed by atoms with Crippen LogP contribution in [0.5, 0.6) is 0 Å². The number of carbonyl (C=O) groups is 2. The average molecular weight is 520 g/mol. The molecule has 0 radical (unpaired) electrons. The van der Waals surface area contributed by atoms with Crippen molar-refractivity contribution < 1.29 is 14.3 Å². The van der Waals surface area contributed by atoms with Gasteiger partial charge in [-0.05, 0) is 35.2 Å². The van der Waals surface area contributed by atoms with Gasteiger partial charge in [-0.1, -0.05) is 84.4 Å². The van der Waals surface area contributed by atoms with Crippen LogP contribution in [0.2, 0.25) is 5.02 Å². The van der Waals surface area contributed by atoms with E-state index in [2.05, 4.69) is 10.2 Å². The number of benzene rings is 3. The van der Waals surface area contributed by atoms with Crippen LogP contribution in [0.1, 0.15) is 29.2 Å². The molecule has 1 fully saturated rings. The van der Waals surface area contributed by atoms with E-state index >= 15 is 0 Å². The van der Waals surface area contributed by atoms with E-state index in [0.717, 1.165) is 36.3 Å². The molecule has 1 aliphatic heterocycles. The van der Waals surface area contributed by atoms with Crippen LogP contribution in [-0.2, 0) is 27.3 Å². The zero-order valence-corrected chi connectivity index (χ0v) is 21.8. The Kier molecular flexibility index (Phi) is 10.1. The molecule has 0 bridgehead atoms. The summed E-state index contributed by atoms with van der Waals surface area (Å²) in [5.74, 6) is -0.252. The van der Waals surface area contributed by atoms with Gasteiger partial charge in [0.2, 0.25) is 11.8 Å². The number of ether oxygens (including phenoxy) is 1. The first kappa shape index (κ1) is 26.9. The summed E-state index contributed by atoms with van der Waals surface area (Å²) in [6.45, 7) is 4.71. The van der Waals surface area contributed by atoms with Crippen LogP contribution < -0.4 is 5.32 Å². The van der Waals surface area contributed by atoms with E-state index in [1.807, 2.05) is 84.9 Å². The lowest BCUT2D eigenvalue weighted by Gasteiger charge is -2.32. The number of carbonyl (C=O) groups excluding carboxylic acids is 2. The summed E-state index contributed by atoms with van der Waals surface area (Å²) in [6.07, 6.45) is 0.916. The molecule has 0 spiro atoms. The van der Waals surface area contributed by atoms with Crippen molar-refractivity contribution in [1.82, 2.24) is 15.1 Å². The molecule has 2 amide bonds. The number of rotatable bonds is 11. The van der Waals surface area contributed by atoms with Gasteiger partial charge in [-0.15, -0.1) is 0 Å². The predicted molar refractivity (Wildman–Crippen MR) is 146 cm³/mol. The van der Waals surface area contributed by atoms with Gasteiger partial charge in [0.05, 0.1) is 13.2 Å². The summed E-state index contributed by atoms with van der Waals surface area (Å²) in [7, 11) is 0. The number of amides is 2. The van der Waals surface area contributed by atoms with Crippen LogP contribution in [0.3, 0.4) is 0 Å². The van der Waals surface area contributed by atoms with Gasteiger partial charge in [0, 0.05) is 44.2 Å². The maximum atomic E-state index is 13.7. The predicted octanol–water partition coefficient (Wildman–Crippen LogP) is 4.49. The SMILES string of the molecule is O=C(NCCN1CCOCC1)[C@@H](c1ccccc1)N(Cc1ccc(Cl)cc1)C(=O)CCc1ccccc1. The van der Waals surface area contributed by atoms with Crippen molar-refractivity contribution in [2.75, 3.05) is 39.4 Å². The molecular formula is C30H34ClN3O3. The van der Waals surface area contributed by atoms with Crippen LogP contribution >= 0.6 is 11.6 Å².